The summed E-state index contributed by atoms with van der Waals surface area (Å²) in [6.45, 7) is 6.09. The van der Waals surface area contributed by atoms with E-state index in [4.69, 9.17) is 13.6 Å². The predicted octanol–water partition coefficient (Wildman–Crippen LogP) is 4.87. The van der Waals surface area contributed by atoms with Crippen LogP contribution in [0.5, 0.6) is 0 Å². The summed E-state index contributed by atoms with van der Waals surface area (Å²) in [7, 11) is -6.78. The Morgan fingerprint density at radius 2 is 1.50 bits per heavy atom. The third-order valence-electron chi connectivity index (χ3n) is 3.47. The monoisotopic (exact) mass is 405 g/mol. The Labute approximate surface area is 155 Å². The van der Waals surface area contributed by atoms with Crippen LogP contribution in [-0.2, 0) is 29.2 Å². The second-order valence-corrected chi connectivity index (χ2v) is 10.1. The summed E-state index contributed by atoms with van der Waals surface area (Å²) in [6, 6.07) is 9.34. The molecular formula is C17H29NO6P2. The molecule has 1 aromatic carbocycles. The van der Waals surface area contributed by atoms with Crippen LogP contribution in [0.4, 0.5) is 4.79 Å². The van der Waals surface area contributed by atoms with E-state index in [0.29, 0.717) is 0 Å². The Balaban J connectivity index is 2.65. The van der Waals surface area contributed by atoms with E-state index in [9.17, 15) is 13.9 Å². The van der Waals surface area contributed by atoms with Gasteiger partial charge < -0.3 is 18.9 Å². The molecule has 9 heteroatoms. The largest absolute Gasteiger partial charge is 0.344 e. The topological polar surface area (TPSA) is 90.9 Å². The summed E-state index contributed by atoms with van der Waals surface area (Å²) >= 11 is 0. The second-order valence-electron chi connectivity index (χ2n) is 5.48. The number of nitrogens with one attached hydrogen (secondary N) is 1. The first-order valence-corrected chi connectivity index (χ1v) is 12.4. The molecule has 1 rings (SSSR count). The molecule has 1 aromatic rings. The molecule has 26 heavy (non-hydrogen) atoms. The zero-order valence-electron chi connectivity index (χ0n) is 15.7. The lowest BCUT2D eigenvalue weighted by atomic mass is 10.2. The standard InChI is InChI=1S/C17H29NO6P2/c1-4-22-25(20,13-10-14-26(21,23-5-2)24-6-3)17(19)18-15-16-11-8-7-9-12-16/h7-9,11-12H,4-6,10,13-15H2,1-3H3,(H,18,19). The molecule has 0 radical (unpaired) electrons. The highest BCUT2D eigenvalue weighted by Gasteiger charge is 2.34. The van der Waals surface area contributed by atoms with E-state index in [1.807, 2.05) is 30.3 Å². The van der Waals surface area contributed by atoms with Gasteiger partial charge in [0.05, 0.1) is 26.0 Å². The van der Waals surface area contributed by atoms with Gasteiger partial charge in [-0.3, -0.25) is 13.9 Å². The van der Waals surface area contributed by atoms with Crippen molar-refractivity contribution in [2.24, 2.45) is 0 Å². The van der Waals surface area contributed by atoms with Gasteiger partial charge in [0.2, 0.25) is 0 Å². The normalized spacial score (nSPS) is 14.0. The summed E-state index contributed by atoms with van der Waals surface area (Å²) in [5.74, 6) is 0. The summed E-state index contributed by atoms with van der Waals surface area (Å²) < 4.78 is 41.1. The molecule has 0 heterocycles. The molecule has 1 N–H and O–H groups in total. The first kappa shape index (κ1) is 23.1. The van der Waals surface area contributed by atoms with E-state index in [0.717, 1.165) is 5.56 Å². The van der Waals surface area contributed by atoms with E-state index in [1.54, 1.807) is 20.8 Å². The number of hydrogen-bond donors (Lipinski definition) is 1. The van der Waals surface area contributed by atoms with Crippen molar-refractivity contribution in [3.63, 3.8) is 0 Å². The SMILES string of the molecule is CCOP(=O)(CCCP(=O)(OCC)C(=O)NCc1ccccc1)OCC. The molecule has 0 bridgehead atoms. The molecule has 7 nitrogen and oxygen atoms in total. The predicted molar refractivity (Wildman–Crippen MR) is 103 cm³/mol. The number of carbonyl (C=O) groups is 1. The lowest BCUT2D eigenvalue weighted by molar-refractivity contribution is 0.220. The highest BCUT2D eigenvalue weighted by atomic mass is 31.2. The molecule has 0 aliphatic heterocycles. The van der Waals surface area contributed by atoms with Gasteiger partial charge in [-0.1, -0.05) is 30.3 Å². The summed E-state index contributed by atoms with van der Waals surface area (Å²) in [4.78, 5) is 12.4. The van der Waals surface area contributed by atoms with Crippen molar-refractivity contribution in [1.29, 1.82) is 0 Å². The van der Waals surface area contributed by atoms with Crippen molar-refractivity contribution in [3.05, 3.63) is 35.9 Å². The minimum atomic E-state index is -3.55. The molecule has 0 fully saturated rings. The maximum atomic E-state index is 12.9. The zero-order valence-corrected chi connectivity index (χ0v) is 17.5. The quantitative estimate of drug-likeness (QED) is 0.471. The first-order valence-electron chi connectivity index (χ1n) is 8.83. The molecule has 0 aliphatic rings. The number of amides is 1. The van der Waals surface area contributed by atoms with Crippen LogP contribution < -0.4 is 5.32 Å². The van der Waals surface area contributed by atoms with Gasteiger partial charge in [-0.05, 0) is 32.8 Å². The van der Waals surface area contributed by atoms with Gasteiger partial charge in [0, 0.05) is 12.7 Å². The fourth-order valence-corrected chi connectivity index (χ4v) is 6.03. The molecule has 0 saturated heterocycles. The Kier molecular flexibility index (Phi) is 10.4. The van der Waals surface area contributed by atoms with Crippen molar-refractivity contribution in [1.82, 2.24) is 5.32 Å². The second kappa shape index (κ2) is 11.7. The Bertz CT molecular complexity index is 627. The highest BCUT2D eigenvalue weighted by molar-refractivity contribution is 7.76. The van der Waals surface area contributed by atoms with E-state index < -0.39 is 20.6 Å². The van der Waals surface area contributed by atoms with Crippen LogP contribution in [-0.4, -0.2) is 37.8 Å². The van der Waals surface area contributed by atoms with Crippen molar-refractivity contribution in [3.8, 4) is 0 Å². The van der Waals surface area contributed by atoms with E-state index in [2.05, 4.69) is 5.32 Å². The Morgan fingerprint density at radius 3 is 2.04 bits per heavy atom. The van der Waals surface area contributed by atoms with Crippen LogP contribution in [0.3, 0.4) is 0 Å². The van der Waals surface area contributed by atoms with Crippen molar-refractivity contribution < 1.29 is 27.5 Å². The molecule has 1 unspecified atom stereocenters. The summed E-state index contributed by atoms with van der Waals surface area (Å²) in [5, 5.41) is 2.66. The van der Waals surface area contributed by atoms with Gasteiger partial charge in [0.15, 0.2) is 0 Å². The smallest absolute Gasteiger partial charge is 0.330 e. The molecule has 1 amide bonds. The third kappa shape index (κ3) is 7.73. The maximum Gasteiger partial charge on any atom is 0.330 e. The third-order valence-corrected chi connectivity index (χ3v) is 7.99. The fraction of sp³-hybridized carbons (Fsp3) is 0.588. The van der Waals surface area contributed by atoms with Crippen LogP contribution in [0.1, 0.15) is 32.8 Å². The number of carbonyl (C=O) groups excluding carboxylic acids is 1. The number of rotatable bonds is 13. The molecule has 0 saturated carbocycles. The van der Waals surface area contributed by atoms with Gasteiger partial charge in [0.25, 0.3) is 7.37 Å². The molecule has 0 aromatic heterocycles. The van der Waals surface area contributed by atoms with E-state index in [1.165, 1.54) is 0 Å². The van der Waals surface area contributed by atoms with Gasteiger partial charge >= 0.3 is 13.2 Å². The van der Waals surface area contributed by atoms with Crippen LogP contribution in [0.2, 0.25) is 0 Å². The lowest BCUT2D eigenvalue weighted by Crippen LogP contribution is -2.23. The number of benzene rings is 1. The molecule has 1 atom stereocenters. The average Bonchev–Trinajstić information content (AvgIpc) is 2.61. The Morgan fingerprint density at radius 1 is 0.923 bits per heavy atom. The fourth-order valence-electron chi connectivity index (χ4n) is 2.36. The van der Waals surface area contributed by atoms with Gasteiger partial charge in [-0.15, -0.1) is 0 Å². The Hall–Kier alpha value is -0.970. The van der Waals surface area contributed by atoms with Gasteiger partial charge in [0.1, 0.15) is 0 Å². The zero-order chi connectivity index (χ0) is 19.5. The number of hydrogen-bond acceptors (Lipinski definition) is 6. The van der Waals surface area contributed by atoms with E-state index in [-0.39, 0.29) is 45.1 Å². The van der Waals surface area contributed by atoms with Crippen molar-refractivity contribution in [2.45, 2.75) is 33.7 Å². The van der Waals surface area contributed by atoms with Crippen LogP contribution in [0.25, 0.3) is 0 Å². The van der Waals surface area contributed by atoms with Gasteiger partial charge in [-0.2, -0.15) is 0 Å². The molecule has 0 spiro atoms. The summed E-state index contributed by atoms with van der Waals surface area (Å²) in [5.41, 5.74) is 0.284. The minimum Gasteiger partial charge on any atom is -0.344 e. The van der Waals surface area contributed by atoms with E-state index >= 15 is 0 Å². The van der Waals surface area contributed by atoms with Crippen molar-refractivity contribution in [2.75, 3.05) is 32.1 Å². The van der Waals surface area contributed by atoms with Crippen LogP contribution in [0, 0.1) is 0 Å². The van der Waals surface area contributed by atoms with Gasteiger partial charge in [-0.25, -0.2) is 0 Å². The molecule has 148 valence electrons. The minimum absolute atomic E-state index is 0.00833. The van der Waals surface area contributed by atoms with Crippen molar-refractivity contribution >= 4 is 20.6 Å². The highest BCUT2D eigenvalue weighted by Crippen LogP contribution is 2.52. The molecule has 0 aliphatic carbocycles. The van der Waals surface area contributed by atoms with Crippen LogP contribution in [0.15, 0.2) is 30.3 Å². The maximum absolute atomic E-state index is 12.9. The first-order chi connectivity index (χ1) is 12.4. The molecular weight excluding hydrogens is 376 g/mol. The van der Waals surface area contributed by atoms with Crippen LogP contribution >= 0.6 is 15.0 Å². The average molecular weight is 405 g/mol. The lowest BCUT2D eigenvalue weighted by Gasteiger charge is -2.20. The summed E-state index contributed by atoms with van der Waals surface area (Å²) in [6.07, 6.45) is 0.330.